The molecule has 0 spiro atoms. The highest BCUT2D eigenvalue weighted by Gasteiger charge is 2.25. The van der Waals surface area contributed by atoms with Crippen molar-refractivity contribution < 1.29 is 0 Å². The minimum absolute atomic E-state index is 0.169. The number of hydrogen-bond acceptors (Lipinski definition) is 4. The number of likely N-dealkylation sites (tertiary alicyclic amines) is 1. The first-order valence-electron chi connectivity index (χ1n) is 7.59. The fraction of sp³-hybridized carbons (Fsp3) is 0.800. The van der Waals surface area contributed by atoms with E-state index in [9.17, 15) is 0 Å². The van der Waals surface area contributed by atoms with Crippen LogP contribution in [0.5, 0.6) is 0 Å². The maximum atomic E-state index is 6.01. The SMILES string of the molecule is Cc1nn(C)c(N(C)C2CCN(C)CC2)c1CC(C)N. The van der Waals surface area contributed by atoms with Crippen molar-refractivity contribution >= 4 is 5.82 Å². The van der Waals surface area contributed by atoms with Gasteiger partial charge in [0.1, 0.15) is 5.82 Å². The zero-order chi connectivity index (χ0) is 14.9. The molecule has 5 nitrogen and oxygen atoms in total. The minimum Gasteiger partial charge on any atom is -0.357 e. The van der Waals surface area contributed by atoms with Crippen LogP contribution in [0.1, 0.15) is 31.0 Å². The van der Waals surface area contributed by atoms with Gasteiger partial charge < -0.3 is 15.5 Å². The lowest BCUT2D eigenvalue weighted by atomic mass is 10.0. The van der Waals surface area contributed by atoms with Gasteiger partial charge in [-0.05, 0) is 53.2 Å². The lowest BCUT2D eigenvalue weighted by molar-refractivity contribution is 0.252. The monoisotopic (exact) mass is 279 g/mol. The Hall–Kier alpha value is -1.07. The fourth-order valence-electron chi connectivity index (χ4n) is 3.25. The van der Waals surface area contributed by atoms with E-state index in [1.165, 1.54) is 37.3 Å². The van der Waals surface area contributed by atoms with Crippen LogP contribution in [0.3, 0.4) is 0 Å². The summed E-state index contributed by atoms with van der Waals surface area (Å²) < 4.78 is 2.02. The second-order valence-electron chi connectivity index (χ2n) is 6.34. The Morgan fingerprint density at radius 2 is 1.95 bits per heavy atom. The molecular formula is C15H29N5. The Kier molecular flexibility index (Phi) is 4.70. The summed E-state index contributed by atoms with van der Waals surface area (Å²) in [4.78, 5) is 4.83. The van der Waals surface area contributed by atoms with E-state index in [0.29, 0.717) is 6.04 Å². The van der Waals surface area contributed by atoms with Crippen molar-refractivity contribution in [3.05, 3.63) is 11.3 Å². The quantitative estimate of drug-likeness (QED) is 0.898. The number of nitrogens with two attached hydrogens (primary N) is 1. The van der Waals surface area contributed by atoms with Crippen LogP contribution in [0.15, 0.2) is 0 Å². The van der Waals surface area contributed by atoms with Crippen molar-refractivity contribution in [2.24, 2.45) is 12.8 Å². The van der Waals surface area contributed by atoms with Crippen LogP contribution in [-0.4, -0.2) is 53.9 Å². The molecule has 1 aliphatic rings. The highest BCUT2D eigenvalue weighted by molar-refractivity contribution is 5.51. The summed E-state index contributed by atoms with van der Waals surface area (Å²) in [6, 6.07) is 0.773. The van der Waals surface area contributed by atoms with Crippen molar-refractivity contribution in [3.8, 4) is 0 Å². The van der Waals surface area contributed by atoms with Gasteiger partial charge >= 0.3 is 0 Å². The van der Waals surface area contributed by atoms with Crippen LogP contribution in [0.4, 0.5) is 5.82 Å². The van der Waals surface area contributed by atoms with E-state index < -0.39 is 0 Å². The lowest BCUT2D eigenvalue weighted by Crippen LogP contribution is -2.43. The van der Waals surface area contributed by atoms with Crippen LogP contribution in [0.25, 0.3) is 0 Å². The topological polar surface area (TPSA) is 50.3 Å². The average molecular weight is 279 g/mol. The van der Waals surface area contributed by atoms with Gasteiger partial charge in [-0.1, -0.05) is 0 Å². The number of piperidine rings is 1. The van der Waals surface area contributed by atoms with Crippen molar-refractivity contribution in [1.29, 1.82) is 0 Å². The number of hydrogen-bond donors (Lipinski definition) is 1. The molecular weight excluding hydrogens is 250 g/mol. The van der Waals surface area contributed by atoms with Gasteiger partial charge in [0.15, 0.2) is 0 Å². The van der Waals surface area contributed by atoms with Gasteiger partial charge in [0.25, 0.3) is 0 Å². The van der Waals surface area contributed by atoms with E-state index in [0.717, 1.165) is 12.1 Å². The molecule has 5 heteroatoms. The molecule has 1 aliphatic heterocycles. The van der Waals surface area contributed by atoms with Gasteiger partial charge in [-0.3, -0.25) is 4.68 Å². The van der Waals surface area contributed by atoms with Gasteiger partial charge in [-0.25, -0.2) is 0 Å². The number of aromatic nitrogens is 2. The molecule has 2 N–H and O–H groups in total. The molecule has 1 aromatic heterocycles. The molecule has 1 aromatic rings. The van der Waals surface area contributed by atoms with Crippen LogP contribution in [-0.2, 0) is 13.5 Å². The number of anilines is 1. The predicted molar refractivity (Wildman–Crippen MR) is 84.2 cm³/mol. The molecule has 2 rings (SSSR count). The Balaban J connectivity index is 2.22. The van der Waals surface area contributed by atoms with E-state index in [1.54, 1.807) is 0 Å². The molecule has 1 atom stereocenters. The first kappa shape index (κ1) is 15.3. The fourth-order valence-corrected chi connectivity index (χ4v) is 3.25. The van der Waals surface area contributed by atoms with Crippen molar-refractivity contribution in [2.75, 3.05) is 32.1 Å². The second kappa shape index (κ2) is 6.14. The van der Waals surface area contributed by atoms with Gasteiger partial charge in [0, 0.05) is 31.7 Å². The Labute approximate surface area is 122 Å². The highest BCUT2D eigenvalue weighted by atomic mass is 15.4. The van der Waals surface area contributed by atoms with Crippen LogP contribution >= 0.6 is 0 Å². The molecule has 0 amide bonds. The molecule has 0 aliphatic carbocycles. The zero-order valence-corrected chi connectivity index (χ0v) is 13.6. The predicted octanol–water partition coefficient (Wildman–Crippen LogP) is 1.15. The first-order valence-corrected chi connectivity index (χ1v) is 7.59. The minimum atomic E-state index is 0.169. The molecule has 114 valence electrons. The van der Waals surface area contributed by atoms with E-state index in [-0.39, 0.29) is 6.04 Å². The molecule has 1 fully saturated rings. The van der Waals surface area contributed by atoms with Gasteiger partial charge in [0.2, 0.25) is 0 Å². The number of aryl methyl sites for hydroxylation is 2. The second-order valence-corrected chi connectivity index (χ2v) is 6.34. The van der Waals surface area contributed by atoms with Gasteiger partial charge in [0.05, 0.1) is 5.69 Å². The van der Waals surface area contributed by atoms with Crippen molar-refractivity contribution in [2.45, 2.75) is 45.2 Å². The Bertz CT molecular complexity index is 443. The smallest absolute Gasteiger partial charge is 0.130 e. The summed E-state index contributed by atoms with van der Waals surface area (Å²) in [5.74, 6) is 1.24. The largest absolute Gasteiger partial charge is 0.357 e. The van der Waals surface area contributed by atoms with Gasteiger partial charge in [-0.2, -0.15) is 5.10 Å². The van der Waals surface area contributed by atoms with Gasteiger partial charge in [-0.15, -0.1) is 0 Å². The van der Waals surface area contributed by atoms with Crippen molar-refractivity contribution in [3.63, 3.8) is 0 Å². The van der Waals surface area contributed by atoms with Crippen LogP contribution < -0.4 is 10.6 Å². The third-order valence-electron chi connectivity index (χ3n) is 4.41. The summed E-state index contributed by atoms with van der Waals surface area (Å²) >= 11 is 0. The molecule has 0 aromatic carbocycles. The van der Waals surface area contributed by atoms with E-state index in [2.05, 4.69) is 42.8 Å². The lowest BCUT2D eigenvalue weighted by Gasteiger charge is -2.36. The van der Waals surface area contributed by atoms with E-state index >= 15 is 0 Å². The summed E-state index contributed by atoms with van der Waals surface area (Å²) in [6.45, 7) is 6.50. The summed E-state index contributed by atoms with van der Waals surface area (Å²) in [5.41, 5.74) is 8.43. The molecule has 0 radical (unpaired) electrons. The van der Waals surface area contributed by atoms with Crippen LogP contribution in [0.2, 0.25) is 0 Å². The number of nitrogens with zero attached hydrogens (tertiary/aromatic N) is 4. The molecule has 0 bridgehead atoms. The molecule has 0 saturated carbocycles. The zero-order valence-electron chi connectivity index (χ0n) is 13.6. The third kappa shape index (κ3) is 3.15. The Morgan fingerprint density at radius 3 is 2.50 bits per heavy atom. The average Bonchev–Trinajstić information content (AvgIpc) is 2.64. The Morgan fingerprint density at radius 1 is 1.35 bits per heavy atom. The maximum Gasteiger partial charge on any atom is 0.130 e. The highest BCUT2D eigenvalue weighted by Crippen LogP contribution is 2.27. The first-order chi connectivity index (χ1) is 9.40. The maximum absolute atomic E-state index is 6.01. The summed E-state index contributed by atoms with van der Waals surface area (Å²) in [7, 11) is 6.45. The summed E-state index contributed by atoms with van der Waals surface area (Å²) in [6.07, 6.45) is 3.33. The van der Waals surface area contributed by atoms with Crippen molar-refractivity contribution in [1.82, 2.24) is 14.7 Å². The summed E-state index contributed by atoms with van der Waals surface area (Å²) in [5, 5.41) is 4.60. The third-order valence-corrected chi connectivity index (χ3v) is 4.41. The van der Waals surface area contributed by atoms with E-state index in [4.69, 9.17) is 5.73 Å². The molecule has 1 saturated heterocycles. The standard InChI is InChI=1S/C15H29N5/c1-11(16)10-14-12(2)17-20(5)15(14)19(4)13-6-8-18(3)9-7-13/h11,13H,6-10,16H2,1-5H3. The molecule has 2 heterocycles. The van der Waals surface area contributed by atoms with Crippen LogP contribution in [0, 0.1) is 6.92 Å². The van der Waals surface area contributed by atoms with E-state index in [1.807, 2.05) is 11.7 Å². The molecule has 1 unspecified atom stereocenters. The normalized spacial score (nSPS) is 19.3. The molecule has 20 heavy (non-hydrogen) atoms. The number of rotatable bonds is 4.